The van der Waals surface area contributed by atoms with Gasteiger partial charge in [-0.2, -0.15) is 0 Å². The number of fused-ring (bicyclic) bond motifs is 1. The summed E-state index contributed by atoms with van der Waals surface area (Å²) in [6.07, 6.45) is 0. The summed E-state index contributed by atoms with van der Waals surface area (Å²) in [7, 11) is 3.17. The molecule has 7 nitrogen and oxygen atoms in total. The lowest BCUT2D eigenvalue weighted by Gasteiger charge is -2.10. The zero-order chi connectivity index (χ0) is 22.5. The first-order valence-corrected chi connectivity index (χ1v) is 10.1. The fourth-order valence-electron chi connectivity index (χ4n) is 3.40. The Balaban J connectivity index is 1.56. The van der Waals surface area contributed by atoms with Crippen LogP contribution in [-0.2, 0) is 4.79 Å². The molecule has 3 N–H and O–H groups in total. The number of ketones is 1. The first-order valence-electron chi connectivity index (χ1n) is 10.1. The van der Waals surface area contributed by atoms with E-state index in [2.05, 4.69) is 15.6 Å². The van der Waals surface area contributed by atoms with Crippen LogP contribution in [0.4, 0.5) is 11.4 Å². The van der Waals surface area contributed by atoms with Crippen molar-refractivity contribution in [2.45, 2.75) is 0 Å². The average Bonchev–Trinajstić information content (AvgIpc) is 3.21. The van der Waals surface area contributed by atoms with Crippen molar-refractivity contribution < 1.29 is 19.1 Å². The maximum absolute atomic E-state index is 13.2. The third-order valence-corrected chi connectivity index (χ3v) is 5.09. The van der Waals surface area contributed by atoms with E-state index in [1.165, 1.54) is 0 Å². The molecule has 7 heteroatoms. The predicted molar refractivity (Wildman–Crippen MR) is 125 cm³/mol. The lowest BCUT2D eigenvalue weighted by molar-refractivity contribution is -0.114. The monoisotopic (exact) mass is 429 g/mol. The summed E-state index contributed by atoms with van der Waals surface area (Å²) in [6.45, 7) is 0.0437. The number of benzene rings is 3. The van der Waals surface area contributed by atoms with Gasteiger partial charge in [0.15, 0.2) is 0 Å². The molecule has 4 aromatic rings. The molecule has 0 radical (unpaired) electrons. The molecule has 0 spiro atoms. The number of aromatic nitrogens is 1. The van der Waals surface area contributed by atoms with Gasteiger partial charge in [0.05, 0.1) is 26.5 Å². The third kappa shape index (κ3) is 4.41. The molecule has 1 aromatic heterocycles. The van der Waals surface area contributed by atoms with Crippen molar-refractivity contribution in [3.05, 3.63) is 84.1 Å². The minimum Gasteiger partial charge on any atom is -0.497 e. The fraction of sp³-hybridized carbons (Fsp3) is 0.120. The second kappa shape index (κ2) is 9.26. The number of carbonyl (C=O) groups excluding carboxylic acids is 2. The molecule has 0 aliphatic heterocycles. The molecule has 0 saturated heterocycles. The van der Waals surface area contributed by atoms with Gasteiger partial charge in [-0.1, -0.05) is 18.2 Å². The number of para-hydroxylation sites is 1. The molecule has 32 heavy (non-hydrogen) atoms. The highest BCUT2D eigenvalue weighted by atomic mass is 16.5. The first kappa shape index (κ1) is 21.0. The molecule has 0 atom stereocenters. The lowest BCUT2D eigenvalue weighted by Crippen LogP contribution is -2.22. The number of aromatic amines is 1. The third-order valence-electron chi connectivity index (χ3n) is 5.09. The summed E-state index contributed by atoms with van der Waals surface area (Å²) < 4.78 is 10.3. The van der Waals surface area contributed by atoms with E-state index in [0.717, 1.165) is 22.3 Å². The quantitative estimate of drug-likeness (QED) is 0.360. The molecule has 0 aliphatic carbocycles. The van der Waals surface area contributed by atoms with Gasteiger partial charge >= 0.3 is 0 Å². The number of carbonyl (C=O) groups is 2. The Bertz CT molecular complexity index is 1240. The molecule has 3 aromatic carbocycles. The molecule has 0 bridgehead atoms. The Morgan fingerprint density at radius 1 is 0.844 bits per heavy atom. The van der Waals surface area contributed by atoms with Gasteiger partial charge in [0.2, 0.25) is 11.7 Å². The van der Waals surface area contributed by atoms with Gasteiger partial charge in [0.25, 0.3) is 0 Å². The Hall–Kier alpha value is -4.26. The number of H-pyrrole nitrogens is 1. The Morgan fingerprint density at radius 3 is 2.12 bits per heavy atom. The number of hydrogen-bond donors (Lipinski definition) is 3. The minimum atomic E-state index is -0.269. The molecular formula is C25H23N3O4. The van der Waals surface area contributed by atoms with Gasteiger partial charge in [-0.15, -0.1) is 0 Å². The first-order chi connectivity index (χ1) is 15.6. The number of ether oxygens (including phenoxy) is 2. The average molecular weight is 429 g/mol. The summed E-state index contributed by atoms with van der Waals surface area (Å²) in [5.74, 6) is 0.911. The highest BCUT2D eigenvalue weighted by molar-refractivity contribution is 6.18. The second-order valence-electron chi connectivity index (χ2n) is 7.11. The minimum absolute atomic E-state index is 0.0437. The molecule has 0 unspecified atom stereocenters. The molecule has 1 heterocycles. The van der Waals surface area contributed by atoms with Crippen LogP contribution in [0.1, 0.15) is 16.1 Å². The van der Waals surface area contributed by atoms with Crippen LogP contribution in [0.15, 0.2) is 72.8 Å². The summed E-state index contributed by atoms with van der Waals surface area (Å²) in [6, 6.07) is 21.6. The number of amides is 1. The van der Waals surface area contributed by atoms with Crippen molar-refractivity contribution in [3.8, 4) is 11.5 Å². The zero-order valence-electron chi connectivity index (χ0n) is 17.8. The van der Waals surface area contributed by atoms with E-state index in [9.17, 15) is 9.59 Å². The van der Waals surface area contributed by atoms with Crippen LogP contribution in [0.25, 0.3) is 10.9 Å². The van der Waals surface area contributed by atoms with E-state index in [4.69, 9.17) is 9.47 Å². The standard InChI is InChI=1S/C25H23N3O4/c1-31-18-11-7-16(8-12-18)25(30)24-23(20-5-3-4-6-21(20)27-24)28-22(29)15-26-17-9-13-19(32-2)14-10-17/h3-14,26-27H,15H2,1-2H3,(H,28,29). The van der Waals surface area contributed by atoms with Crippen molar-refractivity contribution in [3.63, 3.8) is 0 Å². The van der Waals surface area contributed by atoms with Crippen molar-refractivity contribution in [2.24, 2.45) is 0 Å². The van der Waals surface area contributed by atoms with Crippen LogP contribution >= 0.6 is 0 Å². The number of hydrogen-bond acceptors (Lipinski definition) is 5. The molecule has 0 saturated carbocycles. The van der Waals surface area contributed by atoms with E-state index in [1.54, 1.807) is 38.5 Å². The topological polar surface area (TPSA) is 92.5 Å². The number of methoxy groups -OCH3 is 2. The Labute approximate surface area is 185 Å². The Morgan fingerprint density at radius 2 is 1.47 bits per heavy atom. The van der Waals surface area contributed by atoms with Crippen LogP contribution in [-0.4, -0.2) is 37.4 Å². The molecule has 4 rings (SSSR count). The Kier molecular flexibility index (Phi) is 6.07. The molecule has 1 amide bonds. The van der Waals surface area contributed by atoms with Crippen LogP contribution in [0, 0.1) is 0 Å². The van der Waals surface area contributed by atoms with Gasteiger partial charge in [0.1, 0.15) is 17.2 Å². The lowest BCUT2D eigenvalue weighted by atomic mass is 10.1. The molecule has 0 fully saturated rings. The molecular weight excluding hydrogens is 406 g/mol. The zero-order valence-corrected chi connectivity index (χ0v) is 17.8. The maximum atomic E-state index is 13.2. The largest absolute Gasteiger partial charge is 0.497 e. The van der Waals surface area contributed by atoms with Crippen LogP contribution in [0.2, 0.25) is 0 Å². The highest BCUT2D eigenvalue weighted by Crippen LogP contribution is 2.30. The number of nitrogens with one attached hydrogen (secondary N) is 3. The molecule has 162 valence electrons. The SMILES string of the molecule is COc1ccc(NCC(=O)Nc2c(C(=O)c3ccc(OC)cc3)[nH]c3ccccc23)cc1. The summed E-state index contributed by atoms with van der Waals surface area (Å²) in [5.41, 5.74) is 2.83. The van der Waals surface area contributed by atoms with Crippen molar-refractivity contribution in [2.75, 3.05) is 31.4 Å². The van der Waals surface area contributed by atoms with Gasteiger partial charge in [-0.3, -0.25) is 9.59 Å². The summed E-state index contributed by atoms with van der Waals surface area (Å²) >= 11 is 0. The fourth-order valence-corrected chi connectivity index (χ4v) is 3.40. The van der Waals surface area contributed by atoms with E-state index in [1.807, 2.05) is 48.5 Å². The highest BCUT2D eigenvalue weighted by Gasteiger charge is 2.21. The van der Waals surface area contributed by atoms with Crippen LogP contribution in [0.5, 0.6) is 11.5 Å². The van der Waals surface area contributed by atoms with Crippen LogP contribution < -0.4 is 20.1 Å². The number of rotatable bonds is 8. The van der Waals surface area contributed by atoms with Crippen molar-refractivity contribution in [1.82, 2.24) is 4.98 Å². The second-order valence-corrected chi connectivity index (χ2v) is 7.11. The maximum Gasteiger partial charge on any atom is 0.243 e. The van der Waals surface area contributed by atoms with Gasteiger partial charge in [0, 0.05) is 22.2 Å². The van der Waals surface area contributed by atoms with E-state index in [0.29, 0.717) is 22.7 Å². The summed E-state index contributed by atoms with van der Waals surface area (Å²) in [4.78, 5) is 29.1. The van der Waals surface area contributed by atoms with Crippen molar-refractivity contribution in [1.29, 1.82) is 0 Å². The van der Waals surface area contributed by atoms with E-state index in [-0.39, 0.29) is 18.2 Å². The van der Waals surface area contributed by atoms with Gasteiger partial charge in [-0.05, 0) is 54.6 Å². The van der Waals surface area contributed by atoms with E-state index < -0.39 is 0 Å². The number of anilines is 2. The van der Waals surface area contributed by atoms with E-state index >= 15 is 0 Å². The normalized spacial score (nSPS) is 10.6. The molecule has 0 aliphatic rings. The van der Waals surface area contributed by atoms with Gasteiger partial charge < -0.3 is 25.1 Å². The smallest absolute Gasteiger partial charge is 0.243 e. The van der Waals surface area contributed by atoms with Crippen LogP contribution in [0.3, 0.4) is 0 Å². The van der Waals surface area contributed by atoms with Crippen molar-refractivity contribution >= 4 is 34.0 Å². The summed E-state index contributed by atoms with van der Waals surface area (Å²) in [5, 5.41) is 6.74. The predicted octanol–water partition coefficient (Wildman–Crippen LogP) is 4.47. The van der Waals surface area contributed by atoms with Gasteiger partial charge in [-0.25, -0.2) is 0 Å².